The monoisotopic (exact) mass is 361 g/mol. The lowest BCUT2D eigenvalue weighted by Crippen LogP contribution is -2.25. The van der Waals surface area contributed by atoms with Gasteiger partial charge < -0.3 is 10.1 Å². The first-order valence-electron chi connectivity index (χ1n) is 7.36. The molecule has 3 nitrogen and oxygen atoms in total. The van der Waals surface area contributed by atoms with E-state index in [1.54, 1.807) is 0 Å². The largest absolute Gasteiger partial charge is 0.489 e. The third-order valence-electron chi connectivity index (χ3n) is 3.23. The van der Waals surface area contributed by atoms with Crippen LogP contribution in [0.3, 0.4) is 0 Å². The summed E-state index contributed by atoms with van der Waals surface area (Å²) >= 11 is 3.25. The Morgan fingerprint density at radius 1 is 1.00 bits per heavy atom. The second-order valence-electron chi connectivity index (χ2n) is 4.96. The molecular weight excluding hydrogens is 342 g/mol. The molecule has 1 N–H and O–H groups in total. The van der Waals surface area contributed by atoms with E-state index in [1.807, 2.05) is 54.6 Å². The van der Waals surface area contributed by atoms with Crippen LogP contribution in [0.4, 0.5) is 0 Å². The molecule has 0 aliphatic carbocycles. The maximum atomic E-state index is 11.3. The van der Waals surface area contributed by atoms with Gasteiger partial charge in [0.1, 0.15) is 12.4 Å². The van der Waals surface area contributed by atoms with Gasteiger partial charge in [0.05, 0.1) is 0 Å². The fourth-order valence-corrected chi connectivity index (χ4v) is 2.37. The summed E-state index contributed by atoms with van der Waals surface area (Å²) < 4.78 is 5.75. The zero-order valence-electron chi connectivity index (χ0n) is 12.4. The van der Waals surface area contributed by atoms with Gasteiger partial charge in [0, 0.05) is 18.3 Å². The third-order valence-corrected chi connectivity index (χ3v) is 3.63. The highest BCUT2D eigenvalue weighted by Gasteiger charge is 2.00. The van der Waals surface area contributed by atoms with Crippen LogP contribution < -0.4 is 10.1 Å². The fraction of sp³-hybridized carbons (Fsp3) is 0.278. The Hall–Kier alpha value is -1.81. The van der Waals surface area contributed by atoms with Crippen molar-refractivity contribution in [1.82, 2.24) is 5.32 Å². The molecule has 2 aromatic carbocycles. The summed E-state index contributed by atoms with van der Waals surface area (Å²) in [5, 5.41) is 3.59. The lowest BCUT2D eigenvalue weighted by molar-refractivity contribution is -0.120. The first kappa shape index (κ1) is 16.6. The molecule has 0 unspecified atom stereocenters. The van der Waals surface area contributed by atoms with Crippen molar-refractivity contribution in [3.63, 3.8) is 0 Å². The highest BCUT2D eigenvalue weighted by Crippen LogP contribution is 2.14. The maximum Gasteiger partial charge on any atom is 0.220 e. The number of hydrogen-bond donors (Lipinski definition) is 1. The van der Waals surface area contributed by atoms with Gasteiger partial charge in [-0.3, -0.25) is 4.79 Å². The van der Waals surface area contributed by atoms with Gasteiger partial charge in [0.2, 0.25) is 5.91 Å². The van der Waals surface area contributed by atoms with Gasteiger partial charge >= 0.3 is 0 Å². The summed E-state index contributed by atoms with van der Waals surface area (Å²) in [4.78, 5) is 11.3. The van der Waals surface area contributed by atoms with Crippen molar-refractivity contribution >= 4 is 21.8 Å². The molecule has 22 heavy (non-hydrogen) atoms. The zero-order chi connectivity index (χ0) is 15.6. The first-order chi connectivity index (χ1) is 10.8. The van der Waals surface area contributed by atoms with Gasteiger partial charge in [-0.2, -0.15) is 0 Å². The van der Waals surface area contributed by atoms with Crippen molar-refractivity contribution in [2.75, 3.05) is 11.9 Å². The number of nitrogens with one attached hydrogen (secondary N) is 1. The Bertz CT molecular complexity index is 569. The molecule has 116 valence electrons. The van der Waals surface area contributed by atoms with Crippen LogP contribution in [0, 0.1) is 0 Å². The van der Waals surface area contributed by atoms with Gasteiger partial charge in [-0.25, -0.2) is 0 Å². The van der Waals surface area contributed by atoms with Crippen LogP contribution in [0.5, 0.6) is 5.75 Å². The SMILES string of the molecule is O=C(CCBr)NCCc1ccc(OCc2ccccc2)cc1. The fourth-order valence-electron chi connectivity index (χ4n) is 2.01. The van der Waals surface area contributed by atoms with Crippen LogP contribution in [0.2, 0.25) is 0 Å². The number of ether oxygens (including phenoxy) is 1. The van der Waals surface area contributed by atoms with Crippen LogP contribution in [0.15, 0.2) is 54.6 Å². The number of hydrogen-bond acceptors (Lipinski definition) is 2. The second kappa shape index (κ2) is 9.26. The molecule has 0 spiro atoms. The Balaban J connectivity index is 1.74. The summed E-state index contributed by atoms with van der Waals surface area (Å²) in [6, 6.07) is 18.1. The molecule has 1 amide bonds. The zero-order valence-corrected chi connectivity index (χ0v) is 14.0. The summed E-state index contributed by atoms with van der Waals surface area (Å²) in [6.07, 6.45) is 1.35. The Morgan fingerprint density at radius 3 is 2.41 bits per heavy atom. The Morgan fingerprint density at radius 2 is 1.73 bits per heavy atom. The smallest absolute Gasteiger partial charge is 0.220 e. The predicted octanol–water partition coefficient (Wildman–Crippen LogP) is 3.71. The summed E-state index contributed by atoms with van der Waals surface area (Å²) in [7, 11) is 0. The van der Waals surface area contributed by atoms with E-state index in [0.29, 0.717) is 24.9 Å². The van der Waals surface area contributed by atoms with Crippen molar-refractivity contribution in [2.45, 2.75) is 19.4 Å². The minimum atomic E-state index is 0.0830. The topological polar surface area (TPSA) is 38.3 Å². The highest BCUT2D eigenvalue weighted by molar-refractivity contribution is 9.09. The van der Waals surface area contributed by atoms with E-state index in [4.69, 9.17) is 4.74 Å². The van der Waals surface area contributed by atoms with Crippen molar-refractivity contribution in [2.24, 2.45) is 0 Å². The lowest BCUT2D eigenvalue weighted by Gasteiger charge is -2.08. The molecule has 0 bridgehead atoms. The van der Waals surface area contributed by atoms with Crippen LogP contribution in [-0.2, 0) is 17.8 Å². The van der Waals surface area contributed by atoms with E-state index in [9.17, 15) is 4.79 Å². The van der Waals surface area contributed by atoms with Crippen LogP contribution in [0.1, 0.15) is 17.5 Å². The number of carbonyl (C=O) groups excluding carboxylic acids is 1. The molecule has 0 saturated heterocycles. The number of alkyl halides is 1. The minimum absolute atomic E-state index is 0.0830. The van der Waals surface area contributed by atoms with E-state index in [0.717, 1.165) is 17.7 Å². The van der Waals surface area contributed by atoms with Crippen LogP contribution in [-0.4, -0.2) is 17.8 Å². The molecule has 0 fully saturated rings. The van der Waals surface area contributed by atoms with Gasteiger partial charge in [-0.05, 0) is 29.7 Å². The van der Waals surface area contributed by atoms with E-state index in [-0.39, 0.29) is 5.91 Å². The molecule has 0 aromatic heterocycles. The molecule has 4 heteroatoms. The van der Waals surface area contributed by atoms with Crippen molar-refractivity contribution in [3.05, 3.63) is 65.7 Å². The second-order valence-corrected chi connectivity index (χ2v) is 5.75. The van der Waals surface area contributed by atoms with Crippen molar-refractivity contribution < 1.29 is 9.53 Å². The van der Waals surface area contributed by atoms with E-state index in [2.05, 4.69) is 21.2 Å². The highest BCUT2D eigenvalue weighted by atomic mass is 79.9. The standard InChI is InChI=1S/C18H20BrNO2/c19-12-10-18(21)20-13-11-15-6-8-17(9-7-15)22-14-16-4-2-1-3-5-16/h1-9H,10-14H2,(H,20,21). The molecule has 0 atom stereocenters. The minimum Gasteiger partial charge on any atom is -0.489 e. The Kier molecular flexibility index (Phi) is 6.97. The van der Waals surface area contributed by atoms with Gasteiger partial charge in [-0.15, -0.1) is 0 Å². The molecule has 2 aromatic rings. The number of rotatable bonds is 8. The van der Waals surface area contributed by atoms with Crippen molar-refractivity contribution in [3.8, 4) is 5.75 Å². The number of amides is 1. The van der Waals surface area contributed by atoms with E-state index >= 15 is 0 Å². The van der Waals surface area contributed by atoms with Crippen molar-refractivity contribution in [1.29, 1.82) is 0 Å². The lowest BCUT2D eigenvalue weighted by atomic mass is 10.1. The predicted molar refractivity (Wildman–Crippen MR) is 92.3 cm³/mol. The molecule has 0 heterocycles. The number of benzene rings is 2. The maximum absolute atomic E-state index is 11.3. The number of halogens is 1. The number of carbonyl (C=O) groups is 1. The molecule has 0 saturated carbocycles. The molecular formula is C18H20BrNO2. The van der Waals surface area contributed by atoms with Gasteiger partial charge in [0.25, 0.3) is 0 Å². The quantitative estimate of drug-likeness (QED) is 0.727. The van der Waals surface area contributed by atoms with Crippen LogP contribution >= 0.6 is 15.9 Å². The van der Waals surface area contributed by atoms with Crippen LogP contribution in [0.25, 0.3) is 0 Å². The molecule has 0 radical (unpaired) electrons. The molecule has 2 rings (SSSR count). The summed E-state index contributed by atoms with van der Waals surface area (Å²) in [5.74, 6) is 0.940. The third kappa shape index (κ3) is 5.90. The first-order valence-corrected chi connectivity index (χ1v) is 8.48. The van der Waals surface area contributed by atoms with E-state index < -0.39 is 0 Å². The molecule has 0 aliphatic heterocycles. The average Bonchev–Trinajstić information content (AvgIpc) is 2.55. The van der Waals surface area contributed by atoms with Gasteiger partial charge in [0.15, 0.2) is 0 Å². The Labute approximate surface area is 139 Å². The van der Waals surface area contributed by atoms with Gasteiger partial charge in [-0.1, -0.05) is 58.4 Å². The average molecular weight is 362 g/mol. The molecule has 0 aliphatic rings. The summed E-state index contributed by atoms with van der Waals surface area (Å²) in [6.45, 7) is 1.23. The van der Waals surface area contributed by atoms with E-state index in [1.165, 1.54) is 5.56 Å². The normalized spacial score (nSPS) is 10.2. The summed E-state index contributed by atoms with van der Waals surface area (Å²) in [5.41, 5.74) is 2.34.